The molecule has 26 heavy (non-hydrogen) atoms. The molecule has 2 aromatic heterocycles. The molecule has 1 aromatic carbocycles. The van der Waals surface area contributed by atoms with Crippen LogP contribution in [0.5, 0.6) is 0 Å². The Hall–Kier alpha value is -2.73. The highest BCUT2D eigenvalue weighted by Gasteiger charge is 2.20. The number of benzene rings is 1. The highest BCUT2D eigenvalue weighted by molar-refractivity contribution is 6.31. The molecular weight excluding hydrogens is 355 g/mol. The van der Waals surface area contributed by atoms with Gasteiger partial charge >= 0.3 is 0 Å². The largest absolute Gasteiger partial charge is 0.366 e. The van der Waals surface area contributed by atoms with Crippen molar-refractivity contribution in [3.05, 3.63) is 59.0 Å². The average Bonchev–Trinajstić information content (AvgIpc) is 3.07. The van der Waals surface area contributed by atoms with E-state index in [0.717, 1.165) is 5.69 Å². The Labute approximate surface area is 155 Å². The van der Waals surface area contributed by atoms with E-state index in [0.29, 0.717) is 22.5 Å². The topological polar surface area (TPSA) is 73.8 Å². The molecule has 2 heterocycles. The van der Waals surface area contributed by atoms with Gasteiger partial charge in [0.1, 0.15) is 5.82 Å². The van der Waals surface area contributed by atoms with Gasteiger partial charge in [0.15, 0.2) is 0 Å². The fraction of sp³-hybridized carbons (Fsp3) is 0.211. The van der Waals surface area contributed by atoms with E-state index in [1.54, 1.807) is 24.4 Å². The van der Waals surface area contributed by atoms with E-state index in [9.17, 15) is 9.18 Å². The van der Waals surface area contributed by atoms with Crippen LogP contribution in [0.1, 0.15) is 31.1 Å². The van der Waals surface area contributed by atoms with Crippen molar-refractivity contribution in [1.82, 2.24) is 14.8 Å². The van der Waals surface area contributed by atoms with Crippen molar-refractivity contribution in [2.24, 2.45) is 5.73 Å². The van der Waals surface area contributed by atoms with Crippen LogP contribution < -0.4 is 5.73 Å². The lowest BCUT2D eigenvalue weighted by molar-refractivity contribution is 0.1000. The van der Waals surface area contributed by atoms with E-state index < -0.39 is 11.7 Å². The van der Waals surface area contributed by atoms with E-state index in [2.05, 4.69) is 10.1 Å². The molecule has 5 nitrogen and oxygen atoms in total. The number of nitrogens with two attached hydrogens (primary N) is 1. The molecule has 2 N–H and O–H groups in total. The summed E-state index contributed by atoms with van der Waals surface area (Å²) in [6, 6.07) is 9.28. The molecule has 0 fully saturated rings. The summed E-state index contributed by atoms with van der Waals surface area (Å²) >= 11 is 5.88. The summed E-state index contributed by atoms with van der Waals surface area (Å²) in [6.45, 7) is 6.05. The highest BCUT2D eigenvalue weighted by Crippen LogP contribution is 2.29. The minimum Gasteiger partial charge on any atom is -0.366 e. The van der Waals surface area contributed by atoms with Crippen molar-refractivity contribution in [3.8, 4) is 22.6 Å². The Morgan fingerprint density at radius 1 is 1.15 bits per heavy atom. The smallest absolute Gasteiger partial charge is 0.248 e. The molecule has 0 aliphatic rings. The Bertz CT molecular complexity index is 991. The first-order valence-electron chi connectivity index (χ1n) is 7.99. The van der Waals surface area contributed by atoms with Gasteiger partial charge in [0.25, 0.3) is 0 Å². The molecule has 7 heteroatoms. The first-order valence-corrected chi connectivity index (χ1v) is 8.37. The van der Waals surface area contributed by atoms with Crippen molar-refractivity contribution in [2.75, 3.05) is 0 Å². The molecule has 0 aliphatic carbocycles. The van der Waals surface area contributed by atoms with Gasteiger partial charge in [-0.15, -0.1) is 0 Å². The first kappa shape index (κ1) is 18.1. The fourth-order valence-electron chi connectivity index (χ4n) is 2.64. The SMILES string of the molecule is CC(C)(C)n1nccc1-c1cc(C(N)=O)cc(-c2ccc(F)c(Cl)c2)n1. The molecule has 1 amide bonds. The maximum absolute atomic E-state index is 13.5. The zero-order valence-electron chi connectivity index (χ0n) is 14.6. The minimum absolute atomic E-state index is 0.0185. The van der Waals surface area contributed by atoms with Gasteiger partial charge in [-0.1, -0.05) is 11.6 Å². The van der Waals surface area contributed by atoms with Gasteiger partial charge in [-0.25, -0.2) is 9.37 Å². The van der Waals surface area contributed by atoms with Crippen molar-refractivity contribution < 1.29 is 9.18 Å². The molecule has 0 aliphatic heterocycles. The Kier molecular flexibility index (Phi) is 4.54. The zero-order chi connectivity index (χ0) is 19.1. The standard InChI is InChI=1S/C19H18ClFN4O/c1-19(2,3)25-17(6-7-23-25)16-10-12(18(22)26)9-15(24-16)11-4-5-14(21)13(20)8-11/h4-10H,1-3H3,(H2,22,26). The van der Waals surface area contributed by atoms with Gasteiger partial charge in [-0.3, -0.25) is 9.48 Å². The summed E-state index contributed by atoms with van der Waals surface area (Å²) in [7, 11) is 0. The van der Waals surface area contributed by atoms with Crippen LogP contribution in [0.15, 0.2) is 42.6 Å². The molecule has 0 saturated heterocycles. The van der Waals surface area contributed by atoms with Crippen LogP contribution in [-0.2, 0) is 5.54 Å². The van der Waals surface area contributed by atoms with E-state index in [1.807, 2.05) is 31.5 Å². The highest BCUT2D eigenvalue weighted by atomic mass is 35.5. The molecule has 0 bridgehead atoms. The zero-order valence-corrected chi connectivity index (χ0v) is 15.4. The molecular formula is C19H18ClFN4O. The van der Waals surface area contributed by atoms with Gasteiger partial charge in [0.05, 0.1) is 27.6 Å². The van der Waals surface area contributed by atoms with Crippen molar-refractivity contribution in [1.29, 1.82) is 0 Å². The average molecular weight is 373 g/mol. The summed E-state index contributed by atoms with van der Waals surface area (Å²) in [5, 5.41) is 4.34. The minimum atomic E-state index is -0.579. The third-order valence-corrected chi connectivity index (χ3v) is 4.16. The van der Waals surface area contributed by atoms with Crippen LogP contribution in [0.4, 0.5) is 4.39 Å². The molecule has 0 atom stereocenters. The van der Waals surface area contributed by atoms with Gasteiger partial charge in [0, 0.05) is 17.3 Å². The maximum Gasteiger partial charge on any atom is 0.248 e. The van der Waals surface area contributed by atoms with E-state index in [-0.39, 0.29) is 10.6 Å². The number of primary amides is 1. The lowest BCUT2D eigenvalue weighted by atomic mass is 10.1. The predicted molar refractivity (Wildman–Crippen MR) is 99.4 cm³/mol. The van der Waals surface area contributed by atoms with Crippen LogP contribution in [0, 0.1) is 5.82 Å². The summed E-state index contributed by atoms with van der Waals surface area (Å²) in [6.07, 6.45) is 1.67. The number of carbonyl (C=O) groups is 1. The molecule has 0 spiro atoms. The van der Waals surface area contributed by atoms with E-state index in [1.165, 1.54) is 12.1 Å². The monoisotopic (exact) mass is 372 g/mol. The predicted octanol–water partition coefficient (Wildman–Crippen LogP) is 4.26. The van der Waals surface area contributed by atoms with Crippen LogP contribution >= 0.6 is 11.6 Å². The summed E-state index contributed by atoms with van der Waals surface area (Å²) in [5.41, 5.74) is 7.86. The van der Waals surface area contributed by atoms with Crippen LogP contribution in [-0.4, -0.2) is 20.7 Å². The first-order chi connectivity index (χ1) is 12.2. The van der Waals surface area contributed by atoms with Crippen molar-refractivity contribution in [2.45, 2.75) is 26.3 Å². The summed E-state index contributed by atoms with van der Waals surface area (Å²) < 4.78 is 15.3. The Morgan fingerprint density at radius 2 is 1.85 bits per heavy atom. The van der Waals surface area contributed by atoms with Gasteiger partial charge in [-0.05, 0) is 57.2 Å². The fourth-order valence-corrected chi connectivity index (χ4v) is 2.82. The molecule has 0 radical (unpaired) electrons. The molecule has 3 aromatic rings. The Balaban J connectivity index is 2.22. The molecule has 134 valence electrons. The van der Waals surface area contributed by atoms with Gasteiger partial charge in [0.2, 0.25) is 5.91 Å². The third-order valence-electron chi connectivity index (χ3n) is 3.87. The number of rotatable bonds is 3. The molecule has 0 unspecified atom stereocenters. The molecule has 3 rings (SSSR count). The second-order valence-corrected chi connectivity index (χ2v) is 7.33. The van der Waals surface area contributed by atoms with Gasteiger partial charge in [-0.2, -0.15) is 5.10 Å². The van der Waals surface area contributed by atoms with E-state index in [4.69, 9.17) is 17.3 Å². The number of aromatic nitrogens is 3. The normalized spacial score (nSPS) is 11.6. The van der Waals surface area contributed by atoms with Crippen LogP contribution in [0.2, 0.25) is 5.02 Å². The number of hydrogen-bond donors (Lipinski definition) is 1. The third kappa shape index (κ3) is 3.46. The number of nitrogens with zero attached hydrogens (tertiary/aromatic N) is 3. The second kappa shape index (κ2) is 6.53. The van der Waals surface area contributed by atoms with Crippen molar-refractivity contribution >= 4 is 17.5 Å². The van der Waals surface area contributed by atoms with E-state index >= 15 is 0 Å². The quantitative estimate of drug-likeness (QED) is 0.746. The van der Waals surface area contributed by atoms with Crippen molar-refractivity contribution in [3.63, 3.8) is 0 Å². The lowest BCUT2D eigenvalue weighted by Crippen LogP contribution is -2.24. The Morgan fingerprint density at radius 3 is 2.46 bits per heavy atom. The lowest BCUT2D eigenvalue weighted by Gasteiger charge is -2.22. The van der Waals surface area contributed by atoms with Gasteiger partial charge < -0.3 is 5.73 Å². The maximum atomic E-state index is 13.5. The number of hydrogen-bond acceptors (Lipinski definition) is 3. The summed E-state index contributed by atoms with van der Waals surface area (Å²) in [5.74, 6) is -1.10. The number of halogens is 2. The summed E-state index contributed by atoms with van der Waals surface area (Å²) in [4.78, 5) is 16.4. The van der Waals surface area contributed by atoms with Crippen LogP contribution in [0.3, 0.4) is 0 Å². The number of carbonyl (C=O) groups excluding carboxylic acids is 1. The molecule has 0 saturated carbocycles. The second-order valence-electron chi connectivity index (χ2n) is 6.92. The van der Waals surface area contributed by atoms with Crippen LogP contribution in [0.25, 0.3) is 22.6 Å². The number of pyridine rings is 1. The number of amides is 1.